The SMILES string of the molecule is Cc1nc(COc2ccc(C(C)O)c(F)c2)cs1. The van der Waals surface area contributed by atoms with Gasteiger partial charge in [0.2, 0.25) is 0 Å². The molecule has 2 aromatic rings. The third kappa shape index (κ3) is 3.05. The molecule has 1 heterocycles. The maximum atomic E-state index is 13.6. The number of aliphatic hydroxyl groups excluding tert-OH is 1. The second-order valence-corrected chi connectivity index (χ2v) is 5.07. The maximum Gasteiger partial charge on any atom is 0.132 e. The van der Waals surface area contributed by atoms with Crippen molar-refractivity contribution in [1.82, 2.24) is 4.98 Å². The molecule has 0 amide bonds. The van der Waals surface area contributed by atoms with Crippen LogP contribution in [-0.2, 0) is 6.61 Å². The molecule has 0 radical (unpaired) electrons. The first kappa shape index (κ1) is 13.0. The van der Waals surface area contributed by atoms with Crippen molar-refractivity contribution in [3.63, 3.8) is 0 Å². The Morgan fingerprint density at radius 3 is 2.83 bits per heavy atom. The van der Waals surface area contributed by atoms with Gasteiger partial charge in [0.25, 0.3) is 0 Å². The van der Waals surface area contributed by atoms with Crippen molar-refractivity contribution < 1.29 is 14.2 Å². The van der Waals surface area contributed by atoms with Gasteiger partial charge in [0.05, 0.1) is 16.8 Å². The molecule has 0 fully saturated rings. The average molecular weight is 267 g/mol. The van der Waals surface area contributed by atoms with E-state index in [2.05, 4.69) is 4.98 Å². The Morgan fingerprint density at radius 2 is 2.28 bits per heavy atom. The molecular weight excluding hydrogens is 253 g/mol. The predicted molar refractivity (Wildman–Crippen MR) is 68.2 cm³/mol. The van der Waals surface area contributed by atoms with Crippen LogP contribution in [0.2, 0.25) is 0 Å². The first-order valence-corrected chi connectivity index (χ1v) is 6.45. The van der Waals surface area contributed by atoms with Crippen LogP contribution in [0.1, 0.15) is 29.3 Å². The molecular formula is C13H14FNO2S. The van der Waals surface area contributed by atoms with E-state index >= 15 is 0 Å². The van der Waals surface area contributed by atoms with Crippen LogP contribution in [0.3, 0.4) is 0 Å². The highest BCUT2D eigenvalue weighted by Crippen LogP contribution is 2.22. The summed E-state index contributed by atoms with van der Waals surface area (Å²) in [7, 11) is 0. The van der Waals surface area contributed by atoms with Gasteiger partial charge in [-0.2, -0.15) is 0 Å². The standard InChI is InChI=1S/C13H14FNO2S/c1-8(16)12-4-3-11(5-13(12)14)17-6-10-7-18-9(2)15-10/h3-5,7-8,16H,6H2,1-2H3. The highest BCUT2D eigenvalue weighted by atomic mass is 32.1. The third-order valence-corrected chi connectivity index (χ3v) is 3.30. The minimum Gasteiger partial charge on any atom is -0.487 e. The molecule has 0 bridgehead atoms. The number of ether oxygens (including phenoxy) is 1. The summed E-state index contributed by atoms with van der Waals surface area (Å²) in [5.74, 6) is -0.0282. The van der Waals surface area contributed by atoms with Gasteiger partial charge in [-0.15, -0.1) is 11.3 Å². The van der Waals surface area contributed by atoms with Crippen molar-refractivity contribution in [2.75, 3.05) is 0 Å². The molecule has 5 heteroatoms. The Kier molecular flexibility index (Phi) is 3.93. The third-order valence-electron chi connectivity index (χ3n) is 2.48. The van der Waals surface area contributed by atoms with Crippen LogP contribution in [0.25, 0.3) is 0 Å². The maximum absolute atomic E-state index is 13.6. The lowest BCUT2D eigenvalue weighted by molar-refractivity contribution is 0.193. The Morgan fingerprint density at radius 1 is 1.50 bits per heavy atom. The van der Waals surface area contributed by atoms with Crippen molar-refractivity contribution in [1.29, 1.82) is 0 Å². The van der Waals surface area contributed by atoms with Crippen molar-refractivity contribution >= 4 is 11.3 Å². The summed E-state index contributed by atoms with van der Waals surface area (Å²) in [5.41, 5.74) is 1.10. The van der Waals surface area contributed by atoms with Gasteiger partial charge in [-0.05, 0) is 26.0 Å². The number of aromatic nitrogens is 1. The second kappa shape index (κ2) is 5.46. The minimum absolute atomic E-state index is 0.270. The summed E-state index contributed by atoms with van der Waals surface area (Å²) >= 11 is 1.55. The number of thiazole rings is 1. The smallest absolute Gasteiger partial charge is 0.132 e. The largest absolute Gasteiger partial charge is 0.487 e. The highest BCUT2D eigenvalue weighted by Gasteiger charge is 2.09. The van der Waals surface area contributed by atoms with Crippen molar-refractivity contribution in [3.8, 4) is 5.75 Å². The molecule has 0 saturated carbocycles. The van der Waals surface area contributed by atoms with Crippen molar-refractivity contribution in [3.05, 3.63) is 45.7 Å². The first-order valence-electron chi connectivity index (χ1n) is 5.57. The second-order valence-electron chi connectivity index (χ2n) is 4.01. The fourth-order valence-corrected chi connectivity index (χ4v) is 2.17. The lowest BCUT2D eigenvalue weighted by Crippen LogP contribution is -1.99. The molecule has 1 N–H and O–H groups in total. The molecule has 0 saturated heterocycles. The summed E-state index contributed by atoms with van der Waals surface area (Å²) in [5, 5.41) is 12.2. The molecule has 1 atom stereocenters. The quantitative estimate of drug-likeness (QED) is 0.924. The zero-order valence-electron chi connectivity index (χ0n) is 10.2. The molecule has 2 rings (SSSR count). The van der Waals surface area contributed by atoms with Crippen LogP contribution in [0.15, 0.2) is 23.6 Å². The summed E-state index contributed by atoms with van der Waals surface area (Å²) in [6.45, 7) is 3.76. The molecule has 0 spiro atoms. The number of hydrogen-bond donors (Lipinski definition) is 1. The van der Waals surface area contributed by atoms with Gasteiger partial charge in [-0.3, -0.25) is 0 Å². The van der Waals surface area contributed by atoms with Crippen LogP contribution >= 0.6 is 11.3 Å². The zero-order valence-corrected chi connectivity index (χ0v) is 11.0. The zero-order chi connectivity index (χ0) is 13.1. The fraction of sp³-hybridized carbons (Fsp3) is 0.308. The lowest BCUT2D eigenvalue weighted by atomic mass is 10.1. The Labute approximate surface area is 109 Å². The number of benzene rings is 1. The van der Waals surface area contributed by atoms with E-state index in [1.165, 1.54) is 19.1 Å². The van der Waals surface area contributed by atoms with Gasteiger partial charge in [-0.1, -0.05) is 0 Å². The molecule has 1 aromatic heterocycles. The van der Waals surface area contributed by atoms with Gasteiger partial charge in [0, 0.05) is 17.0 Å². The van der Waals surface area contributed by atoms with Crippen molar-refractivity contribution in [2.45, 2.75) is 26.6 Å². The number of aryl methyl sites for hydroxylation is 1. The summed E-state index contributed by atoms with van der Waals surface area (Å²) in [6.07, 6.45) is -0.819. The van der Waals surface area contributed by atoms with E-state index in [-0.39, 0.29) is 5.56 Å². The van der Waals surface area contributed by atoms with Gasteiger partial charge >= 0.3 is 0 Å². The summed E-state index contributed by atoms with van der Waals surface area (Å²) in [4.78, 5) is 4.25. The van der Waals surface area contributed by atoms with Crippen molar-refractivity contribution in [2.24, 2.45) is 0 Å². The number of aliphatic hydroxyl groups is 1. The molecule has 1 unspecified atom stereocenters. The highest BCUT2D eigenvalue weighted by molar-refractivity contribution is 7.09. The Bertz CT molecular complexity index is 540. The molecule has 0 aliphatic rings. The van der Waals surface area contributed by atoms with E-state index < -0.39 is 11.9 Å². The van der Waals surface area contributed by atoms with Crippen LogP contribution in [0.5, 0.6) is 5.75 Å². The summed E-state index contributed by atoms with van der Waals surface area (Å²) < 4.78 is 19.0. The van der Waals surface area contributed by atoms with E-state index in [1.54, 1.807) is 17.4 Å². The number of halogens is 1. The molecule has 96 valence electrons. The number of rotatable bonds is 4. The average Bonchev–Trinajstić information content (AvgIpc) is 2.72. The first-order chi connectivity index (χ1) is 8.56. The van der Waals surface area contributed by atoms with E-state index in [0.29, 0.717) is 12.4 Å². The Hall–Kier alpha value is -1.46. The van der Waals surface area contributed by atoms with Crippen LogP contribution in [0.4, 0.5) is 4.39 Å². The number of hydrogen-bond acceptors (Lipinski definition) is 4. The van der Waals surface area contributed by atoms with Gasteiger partial charge in [-0.25, -0.2) is 9.37 Å². The van der Waals surface area contributed by atoms with Crippen LogP contribution in [0, 0.1) is 12.7 Å². The molecule has 1 aromatic carbocycles. The molecule has 0 aliphatic carbocycles. The van der Waals surface area contributed by atoms with Crippen LogP contribution in [-0.4, -0.2) is 10.1 Å². The van der Waals surface area contributed by atoms with E-state index in [4.69, 9.17) is 4.74 Å². The van der Waals surface area contributed by atoms with Gasteiger partial charge in [0.1, 0.15) is 18.2 Å². The van der Waals surface area contributed by atoms with E-state index in [0.717, 1.165) is 10.7 Å². The van der Waals surface area contributed by atoms with Crippen LogP contribution < -0.4 is 4.74 Å². The molecule has 3 nitrogen and oxygen atoms in total. The summed E-state index contributed by atoms with van der Waals surface area (Å²) in [6, 6.07) is 4.45. The molecule has 18 heavy (non-hydrogen) atoms. The van der Waals surface area contributed by atoms with E-state index in [9.17, 15) is 9.50 Å². The normalized spacial score (nSPS) is 12.4. The van der Waals surface area contributed by atoms with Gasteiger partial charge < -0.3 is 9.84 Å². The topological polar surface area (TPSA) is 42.4 Å². The minimum atomic E-state index is -0.819. The van der Waals surface area contributed by atoms with Gasteiger partial charge in [0.15, 0.2) is 0 Å². The predicted octanol–water partition coefficient (Wildman–Crippen LogP) is 3.22. The molecule has 0 aliphatic heterocycles. The van der Waals surface area contributed by atoms with E-state index in [1.807, 2.05) is 12.3 Å². The number of nitrogens with zero attached hydrogens (tertiary/aromatic N) is 1. The fourth-order valence-electron chi connectivity index (χ4n) is 1.57. The lowest BCUT2D eigenvalue weighted by Gasteiger charge is -2.09. The monoisotopic (exact) mass is 267 g/mol. The Balaban J connectivity index is 2.04.